The molecule has 2 N–H and O–H groups in total. The van der Waals surface area contributed by atoms with Crippen molar-refractivity contribution < 1.29 is 27.2 Å². The Morgan fingerprint density at radius 2 is 1.96 bits per heavy atom. The van der Waals surface area contributed by atoms with Crippen LogP contribution in [0, 0.1) is 16.6 Å². The summed E-state index contributed by atoms with van der Waals surface area (Å²) in [6, 6.07) is 2.62. The summed E-state index contributed by atoms with van der Waals surface area (Å²) in [5.41, 5.74) is -1.98. The molecular weight excluding hydrogens is 402 g/mol. The van der Waals surface area contributed by atoms with Gasteiger partial charge in [0, 0.05) is 13.1 Å². The lowest BCUT2D eigenvalue weighted by Gasteiger charge is -2.73. The van der Waals surface area contributed by atoms with E-state index in [4.69, 9.17) is 11.6 Å². The quantitative estimate of drug-likeness (QED) is 0.738. The van der Waals surface area contributed by atoms with Crippen molar-refractivity contribution in [1.82, 2.24) is 15.5 Å². The zero-order chi connectivity index (χ0) is 20.3. The number of urea groups is 1. The van der Waals surface area contributed by atoms with Gasteiger partial charge in [0.1, 0.15) is 12.4 Å². The van der Waals surface area contributed by atoms with Crippen LogP contribution in [0.25, 0.3) is 0 Å². The van der Waals surface area contributed by atoms with Crippen LogP contribution >= 0.6 is 11.6 Å². The molecule has 3 amide bonds. The fraction of sp³-hybridized carbons (Fsp3) is 0.556. The second kappa shape index (κ2) is 6.23. The van der Waals surface area contributed by atoms with Gasteiger partial charge in [-0.2, -0.15) is 13.2 Å². The molecule has 28 heavy (non-hydrogen) atoms. The lowest BCUT2D eigenvalue weighted by atomic mass is 9.32. The normalized spacial score (nSPS) is 30.0. The maximum Gasteiger partial charge on any atom is 0.394 e. The van der Waals surface area contributed by atoms with Gasteiger partial charge in [0.15, 0.2) is 0 Å². The lowest BCUT2D eigenvalue weighted by molar-refractivity contribution is -0.370. The van der Waals surface area contributed by atoms with Crippen molar-refractivity contribution in [2.45, 2.75) is 31.5 Å². The lowest BCUT2D eigenvalue weighted by Crippen LogP contribution is -2.72. The molecular formula is C18H18ClF4N3O2. The van der Waals surface area contributed by atoms with Crippen molar-refractivity contribution in [3.05, 3.63) is 34.6 Å². The molecule has 5 rings (SSSR count). The smallest absolute Gasteiger partial charge is 0.353 e. The van der Waals surface area contributed by atoms with Gasteiger partial charge >= 0.3 is 12.2 Å². The average Bonchev–Trinajstić information content (AvgIpc) is 2.52. The number of nitrogens with zero attached hydrogens (tertiary/aromatic N) is 1. The molecule has 3 saturated carbocycles. The molecule has 10 heteroatoms. The van der Waals surface area contributed by atoms with Crippen LogP contribution in [0.1, 0.15) is 30.9 Å². The van der Waals surface area contributed by atoms with Crippen LogP contribution < -0.4 is 10.6 Å². The van der Waals surface area contributed by atoms with Crippen LogP contribution in [0.5, 0.6) is 0 Å². The fourth-order valence-electron chi connectivity index (χ4n) is 4.78. The van der Waals surface area contributed by atoms with Crippen molar-refractivity contribution in [1.29, 1.82) is 0 Å². The molecule has 2 bridgehead atoms. The number of rotatable bonds is 3. The second-order valence-corrected chi connectivity index (χ2v) is 8.41. The maximum absolute atomic E-state index is 13.6. The molecule has 1 saturated heterocycles. The Labute approximate surface area is 163 Å². The summed E-state index contributed by atoms with van der Waals surface area (Å²) in [5.74, 6) is -0.947. The Kier molecular flexibility index (Phi) is 4.30. The molecule has 0 spiro atoms. The number of carbonyl (C=O) groups is 2. The molecule has 4 fully saturated rings. The van der Waals surface area contributed by atoms with Crippen molar-refractivity contribution in [2.75, 3.05) is 19.6 Å². The molecule has 152 valence electrons. The first-order valence-corrected chi connectivity index (χ1v) is 9.27. The number of benzene rings is 1. The second-order valence-electron chi connectivity index (χ2n) is 8.00. The predicted octanol–water partition coefficient (Wildman–Crippen LogP) is 3.39. The van der Waals surface area contributed by atoms with Gasteiger partial charge < -0.3 is 15.5 Å². The van der Waals surface area contributed by atoms with E-state index in [0.29, 0.717) is 18.7 Å². The Balaban J connectivity index is 1.58. The minimum Gasteiger partial charge on any atom is -0.353 e. The molecule has 1 unspecified atom stereocenters. The molecule has 1 atom stereocenters. The summed E-state index contributed by atoms with van der Waals surface area (Å²) in [6.45, 7) is 0.484. The molecule has 3 aliphatic carbocycles. The fourth-order valence-corrected chi connectivity index (χ4v) is 4.97. The molecule has 5 nitrogen and oxygen atoms in total. The summed E-state index contributed by atoms with van der Waals surface area (Å²) in [6.07, 6.45) is -4.56. The predicted molar refractivity (Wildman–Crippen MR) is 92.0 cm³/mol. The van der Waals surface area contributed by atoms with Gasteiger partial charge in [-0.15, -0.1) is 0 Å². The maximum atomic E-state index is 13.6. The monoisotopic (exact) mass is 419 g/mol. The van der Waals surface area contributed by atoms with Crippen molar-refractivity contribution in [3.63, 3.8) is 0 Å². The first kappa shape index (κ1) is 19.3. The van der Waals surface area contributed by atoms with Gasteiger partial charge in [0.05, 0.1) is 16.5 Å². The molecule has 0 aromatic heterocycles. The van der Waals surface area contributed by atoms with Crippen molar-refractivity contribution >= 4 is 23.5 Å². The molecule has 1 aliphatic heterocycles. The van der Waals surface area contributed by atoms with E-state index in [9.17, 15) is 27.2 Å². The number of amides is 3. The van der Waals surface area contributed by atoms with E-state index < -0.39 is 34.9 Å². The number of alkyl halides is 3. The van der Waals surface area contributed by atoms with Crippen LogP contribution in [0.4, 0.5) is 22.4 Å². The third-order valence-corrected chi connectivity index (χ3v) is 6.45. The zero-order valence-electron chi connectivity index (χ0n) is 14.7. The van der Waals surface area contributed by atoms with E-state index in [1.54, 1.807) is 0 Å². The Morgan fingerprint density at radius 3 is 2.54 bits per heavy atom. The van der Waals surface area contributed by atoms with E-state index in [1.165, 1.54) is 17.0 Å². The minimum absolute atomic E-state index is 0.0933. The Hall–Kier alpha value is -2.03. The first-order chi connectivity index (χ1) is 13.1. The Bertz CT molecular complexity index is 825. The highest BCUT2D eigenvalue weighted by Crippen LogP contribution is 2.81. The number of halogens is 5. The van der Waals surface area contributed by atoms with Crippen LogP contribution in [-0.2, 0) is 4.79 Å². The Morgan fingerprint density at radius 1 is 1.29 bits per heavy atom. The number of nitrogens with one attached hydrogen (secondary N) is 2. The van der Waals surface area contributed by atoms with E-state index in [-0.39, 0.29) is 36.7 Å². The highest BCUT2D eigenvalue weighted by Gasteiger charge is 2.80. The summed E-state index contributed by atoms with van der Waals surface area (Å²) >= 11 is 5.86. The van der Waals surface area contributed by atoms with E-state index in [1.807, 2.05) is 0 Å². The van der Waals surface area contributed by atoms with Crippen molar-refractivity contribution in [3.8, 4) is 0 Å². The number of carbonyl (C=O) groups excluding carboxylic acids is 2. The van der Waals surface area contributed by atoms with Gasteiger partial charge in [-0.05, 0) is 42.4 Å². The average molecular weight is 420 g/mol. The zero-order valence-corrected chi connectivity index (χ0v) is 15.5. The largest absolute Gasteiger partial charge is 0.394 e. The topological polar surface area (TPSA) is 61.4 Å². The highest BCUT2D eigenvalue weighted by molar-refractivity contribution is 6.30. The van der Waals surface area contributed by atoms with Gasteiger partial charge in [-0.3, -0.25) is 4.79 Å². The number of hydrogen-bond donors (Lipinski definition) is 2. The van der Waals surface area contributed by atoms with Crippen molar-refractivity contribution in [2.24, 2.45) is 10.8 Å². The summed E-state index contributed by atoms with van der Waals surface area (Å²) in [5, 5.41) is 5.22. The number of piperazine rings is 1. The first-order valence-electron chi connectivity index (χ1n) is 8.89. The van der Waals surface area contributed by atoms with Gasteiger partial charge in [-0.25, -0.2) is 9.18 Å². The summed E-state index contributed by atoms with van der Waals surface area (Å²) < 4.78 is 53.3. The highest BCUT2D eigenvalue weighted by atomic mass is 35.5. The third kappa shape index (κ3) is 2.91. The molecule has 1 aromatic carbocycles. The molecule has 0 radical (unpaired) electrons. The van der Waals surface area contributed by atoms with Gasteiger partial charge in [0.2, 0.25) is 5.91 Å². The minimum atomic E-state index is -4.28. The standard InChI is InChI=1S/C18H18ClF4N3O2/c19-11-5-10(1-2-12(11)20)14(16-7-17(8-16,9-16)18(21,22)23)25-15(28)26-4-3-24-13(27)6-26/h1-2,5,14H,3-4,6-9H2,(H,24,27)(H,25,28). The summed E-state index contributed by atoms with van der Waals surface area (Å²) in [4.78, 5) is 25.5. The van der Waals surface area contributed by atoms with Gasteiger partial charge in [-0.1, -0.05) is 17.7 Å². The molecule has 1 aromatic rings. The third-order valence-electron chi connectivity index (χ3n) is 6.16. The molecule has 4 aliphatic rings. The van der Waals surface area contributed by atoms with E-state index in [0.717, 1.165) is 6.07 Å². The summed E-state index contributed by atoms with van der Waals surface area (Å²) in [7, 11) is 0. The van der Waals surface area contributed by atoms with Crippen LogP contribution in [-0.4, -0.2) is 42.6 Å². The van der Waals surface area contributed by atoms with E-state index in [2.05, 4.69) is 10.6 Å². The number of hydrogen-bond acceptors (Lipinski definition) is 2. The SMILES string of the molecule is O=C1CN(C(=O)NC(c2ccc(F)c(Cl)c2)C23CC(C(F)(F)F)(C2)C3)CCN1. The molecule has 1 heterocycles. The van der Waals surface area contributed by atoms with Crippen LogP contribution in [0.3, 0.4) is 0 Å². The van der Waals surface area contributed by atoms with Gasteiger partial charge in [0.25, 0.3) is 0 Å². The van der Waals surface area contributed by atoms with Crippen LogP contribution in [0.15, 0.2) is 18.2 Å². The van der Waals surface area contributed by atoms with E-state index >= 15 is 0 Å². The van der Waals surface area contributed by atoms with Crippen LogP contribution in [0.2, 0.25) is 5.02 Å².